The number of carbonyl (C=O) groups excluding carboxylic acids is 3. The van der Waals surface area contributed by atoms with Crippen LogP contribution in [0.2, 0.25) is 0 Å². The maximum Gasteiger partial charge on any atom is 0.325 e. The van der Waals surface area contributed by atoms with Crippen molar-refractivity contribution < 1.29 is 18.8 Å². The summed E-state index contributed by atoms with van der Waals surface area (Å²) in [6.07, 6.45) is 4.04. The summed E-state index contributed by atoms with van der Waals surface area (Å²) < 4.78 is 13.2. The van der Waals surface area contributed by atoms with E-state index in [1.54, 1.807) is 12.1 Å². The first kappa shape index (κ1) is 21.3. The molecule has 0 bridgehead atoms. The Bertz CT molecular complexity index is 800. The van der Waals surface area contributed by atoms with E-state index in [9.17, 15) is 18.8 Å². The van der Waals surface area contributed by atoms with Gasteiger partial charge in [0.05, 0.1) is 0 Å². The van der Waals surface area contributed by atoms with E-state index in [4.69, 9.17) is 0 Å². The summed E-state index contributed by atoms with van der Waals surface area (Å²) in [6, 6.07) is 5.41. The van der Waals surface area contributed by atoms with Gasteiger partial charge < -0.3 is 10.6 Å². The molecule has 1 aliphatic carbocycles. The van der Waals surface area contributed by atoms with Gasteiger partial charge in [0.2, 0.25) is 5.91 Å². The van der Waals surface area contributed by atoms with Gasteiger partial charge in [-0.3, -0.25) is 14.5 Å². The van der Waals surface area contributed by atoms with Crippen LogP contribution >= 0.6 is 0 Å². The van der Waals surface area contributed by atoms with Crippen molar-refractivity contribution in [1.29, 1.82) is 0 Å². The SMILES string of the molecule is CCC(C)(C)C1CCC2(CC1)NC(=O)N(CC(=O)NCc1cccc(F)c1)C2=O. The van der Waals surface area contributed by atoms with Crippen LogP contribution in [0, 0.1) is 17.2 Å². The van der Waals surface area contributed by atoms with E-state index in [1.807, 2.05) is 0 Å². The first-order valence-corrected chi connectivity index (χ1v) is 10.3. The van der Waals surface area contributed by atoms with Crippen molar-refractivity contribution in [3.05, 3.63) is 35.6 Å². The van der Waals surface area contributed by atoms with E-state index >= 15 is 0 Å². The fraction of sp³-hybridized carbons (Fsp3) is 0.591. The number of amides is 4. The van der Waals surface area contributed by atoms with Crippen LogP contribution in [0.25, 0.3) is 0 Å². The molecule has 1 aromatic carbocycles. The monoisotopic (exact) mass is 403 g/mol. The molecule has 7 heteroatoms. The molecule has 158 valence electrons. The second-order valence-corrected chi connectivity index (χ2v) is 8.93. The highest BCUT2D eigenvalue weighted by molar-refractivity contribution is 6.09. The molecule has 1 spiro atoms. The minimum atomic E-state index is -0.875. The molecule has 0 aromatic heterocycles. The molecule has 1 heterocycles. The van der Waals surface area contributed by atoms with Gasteiger partial charge in [0.15, 0.2) is 0 Å². The highest BCUT2D eigenvalue weighted by Crippen LogP contribution is 2.45. The summed E-state index contributed by atoms with van der Waals surface area (Å²) in [4.78, 5) is 38.7. The summed E-state index contributed by atoms with van der Waals surface area (Å²) in [5.41, 5.74) is -0.0480. The first-order valence-electron chi connectivity index (χ1n) is 10.3. The quantitative estimate of drug-likeness (QED) is 0.715. The largest absolute Gasteiger partial charge is 0.350 e. The van der Waals surface area contributed by atoms with Gasteiger partial charge in [-0.25, -0.2) is 9.18 Å². The van der Waals surface area contributed by atoms with Crippen LogP contribution in [0.3, 0.4) is 0 Å². The number of urea groups is 1. The van der Waals surface area contributed by atoms with E-state index in [1.165, 1.54) is 12.1 Å². The Labute approximate surface area is 171 Å². The van der Waals surface area contributed by atoms with Crippen LogP contribution in [0.4, 0.5) is 9.18 Å². The Morgan fingerprint density at radius 1 is 1.31 bits per heavy atom. The van der Waals surface area contributed by atoms with Gasteiger partial charge in [0.25, 0.3) is 5.91 Å². The Kier molecular flexibility index (Phi) is 5.96. The number of hydrogen-bond donors (Lipinski definition) is 2. The van der Waals surface area contributed by atoms with Crippen molar-refractivity contribution in [1.82, 2.24) is 15.5 Å². The molecule has 2 fully saturated rings. The fourth-order valence-corrected chi connectivity index (χ4v) is 4.39. The molecular formula is C22H30FN3O3. The summed E-state index contributed by atoms with van der Waals surface area (Å²) >= 11 is 0. The predicted octanol–water partition coefficient (Wildman–Crippen LogP) is 3.36. The standard InChI is InChI=1S/C22H30FN3O3/c1-4-21(2,3)16-8-10-22(11-9-16)19(28)26(20(29)25-22)14-18(27)24-13-15-6-5-7-17(23)12-15/h5-7,12,16H,4,8-11,13-14H2,1-3H3,(H,24,27)(H,25,29). The molecule has 29 heavy (non-hydrogen) atoms. The average molecular weight is 403 g/mol. The van der Waals surface area contributed by atoms with E-state index < -0.39 is 17.5 Å². The molecule has 1 aliphatic heterocycles. The van der Waals surface area contributed by atoms with Crippen LogP contribution in [0.1, 0.15) is 58.4 Å². The van der Waals surface area contributed by atoms with Crippen LogP contribution in [0.15, 0.2) is 24.3 Å². The van der Waals surface area contributed by atoms with Crippen LogP contribution < -0.4 is 10.6 Å². The molecule has 1 saturated heterocycles. The number of rotatable bonds is 6. The number of nitrogens with one attached hydrogen (secondary N) is 2. The van der Waals surface area contributed by atoms with Crippen LogP contribution in [-0.4, -0.2) is 34.8 Å². The zero-order chi connectivity index (χ0) is 21.2. The van der Waals surface area contributed by atoms with Gasteiger partial charge in [-0.1, -0.05) is 39.3 Å². The highest BCUT2D eigenvalue weighted by atomic mass is 19.1. The molecule has 0 unspecified atom stereocenters. The number of benzene rings is 1. The van der Waals surface area contributed by atoms with Crippen molar-refractivity contribution in [2.75, 3.05) is 6.54 Å². The zero-order valence-electron chi connectivity index (χ0n) is 17.4. The lowest BCUT2D eigenvalue weighted by Gasteiger charge is -2.42. The number of nitrogens with zero attached hydrogens (tertiary/aromatic N) is 1. The normalized spacial score (nSPS) is 24.7. The average Bonchev–Trinajstić information content (AvgIpc) is 2.91. The smallest absolute Gasteiger partial charge is 0.325 e. The zero-order valence-corrected chi connectivity index (χ0v) is 17.4. The second-order valence-electron chi connectivity index (χ2n) is 8.93. The van der Waals surface area contributed by atoms with E-state index in [-0.39, 0.29) is 30.2 Å². The maximum atomic E-state index is 13.2. The third-order valence-corrected chi connectivity index (χ3v) is 6.78. The molecule has 3 rings (SSSR count). The highest BCUT2D eigenvalue weighted by Gasteiger charge is 2.53. The second kappa shape index (κ2) is 8.13. The number of hydrogen-bond acceptors (Lipinski definition) is 3. The van der Waals surface area contributed by atoms with Gasteiger partial charge in [-0.2, -0.15) is 0 Å². The summed E-state index contributed by atoms with van der Waals surface area (Å²) in [5.74, 6) is -0.618. The third-order valence-electron chi connectivity index (χ3n) is 6.78. The summed E-state index contributed by atoms with van der Waals surface area (Å²) in [5, 5.41) is 5.49. The van der Waals surface area contributed by atoms with Crippen molar-refractivity contribution in [2.45, 2.75) is 65.0 Å². The number of carbonyl (C=O) groups is 3. The molecule has 2 N–H and O–H groups in total. The van der Waals surface area contributed by atoms with Crippen molar-refractivity contribution >= 4 is 17.8 Å². The molecule has 6 nitrogen and oxygen atoms in total. The van der Waals surface area contributed by atoms with E-state index in [2.05, 4.69) is 31.4 Å². The van der Waals surface area contributed by atoms with Crippen molar-refractivity contribution in [3.63, 3.8) is 0 Å². The number of halogens is 1. The summed E-state index contributed by atoms with van der Waals surface area (Å²) in [6.45, 7) is 6.49. The van der Waals surface area contributed by atoms with Crippen LogP contribution in [-0.2, 0) is 16.1 Å². The minimum Gasteiger partial charge on any atom is -0.350 e. The Hall–Kier alpha value is -2.44. The molecule has 1 aromatic rings. The predicted molar refractivity (Wildman–Crippen MR) is 107 cm³/mol. The van der Waals surface area contributed by atoms with E-state index in [0.717, 1.165) is 24.2 Å². The topological polar surface area (TPSA) is 78.5 Å². The molecule has 0 atom stereocenters. The minimum absolute atomic E-state index is 0.138. The Morgan fingerprint density at radius 3 is 2.62 bits per heavy atom. The van der Waals surface area contributed by atoms with Crippen molar-refractivity contribution in [3.8, 4) is 0 Å². The molecule has 2 aliphatic rings. The molecule has 0 radical (unpaired) electrons. The lowest BCUT2D eigenvalue weighted by atomic mass is 9.65. The van der Waals surface area contributed by atoms with E-state index in [0.29, 0.717) is 24.3 Å². The fourth-order valence-electron chi connectivity index (χ4n) is 4.39. The third kappa shape index (κ3) is 4.43. The van der Waals surface area contributed by atoms with Gasteiger partial charge in [-0.15, -0.1) is 0 Å². The Balaban J connectivity index is 1.57. The maximum absolute atomic E-state index is 13.2. The molecular weight excluding hydrogens is 373 g/mol. The van der Waals surface area contributed by atoms with Gasteiger partial charge in [0, 0.05) is 6.54 Å². The Morgan fingerprint density at radius 2 is 2.00 bits per heavy atom. The van der Waals surface area contributed by atoms with Gasteiger partial charge >= 0.3 is 6.03 Å². The number of imide groups is 1. The lowest BCUT2D eigenvalue weighted by Crippen LogP contribution is -2.51. The molecule has 4 amide bonds. The first-order chi connectivity index (χ1) is 13.7. The summed E-state index contributed by atoms with van der Waals surface area (Å²) in [7, 11) is 0. The van der Waals surface area contributed by atoms with Crippen molar-refractivity contribution in [2.24, 2.45) is 11.3 Å². The molecule has 1 saturated carbocycles. The van der Waals surface area contributed by atoms with Gasteiger partial charge in [0.1, 0.15) is 17.9 Å². The van der Waals surface area contributed by atoms with Crippen LogP contribution in [0.5, 0.6) is 0 Å². The lowest BCUT2D eigenvalue weighted by molar-refractivity contribution is -0.136. The van der Waals surface area contributed by atoms with Gasteiger partial charge in [-0.05, 0) is 54.7 Å².